The molecule has 0 aliphatic carbocycles. The van der Waals surface area contributed by atoms with Crippen molar-refractivity contribution in [1.29, 1.82) is 0 Å². The Hall–Kier alpha value is -0.940. The van der Waals surface area contributed by atoms with Gasteiger partial charge in [0.05, 0.1) is 18.1 Å². The van der Waals surface area contributed by atoms with E-state index < -0.39 is 36.1 Å². The summed E-state index contributed by atoms with van der Waals surface area (Å²) in [5.41, 5.74) is 0. The molecule has 0 amide bonds. The molecule has 0 bridgehead atoms. The second-order valence-corrected chi connectivity index (χ2v) is 6.78. The molecule has 7 atom stereocenters. The molecule has 0 spiro atoms. The normalized spacial score (nSPS) is 42.2. The number of hydrogen-bond donors (Lipinski definition) is 2. The standard InChI is InChI=1S/C17H30O5/c1-6-14-11(4)16(20)10(3)13(18)8-7-9(2)15(19)12(5)17(21)22-14/h9-12,14-16,19-20H,6-8H2,1-5H3/t9?,10-,11-,12-,14+,15?,16+/m0/s1. The summed E-state index contributed by atoms with van der Waals surface area (Å²) in [6.45, 7) is 8.87. The summed E-state index contributed by atoms with van der Waals surface area (Å²) in [7, 11) is 0. The van der Waals surface area contributed by atoms with Crippen LogP contribution in [0.5, 0.6) is 0 Å². The van der Waals surface area contributed by atoms with Crippen molar-refractivity contribution in [3.05, 3.63) is 0 Å². The molecule has 0 radical (unpaired) electrons. The van der Waals surface area contributed by atoms with Gasteiger partial charge in [0.1, 0.15) is 11.9 Å². The third-order valence-corrected chi connectivity index (χ3v) is 5.13. The summed E-state index contributed by atoms with van der Waals surface area (Å²) in [5, 5.41) is 20.7. The highest BCUT2D eigenvalue weighted by molar-refractivity contribution is 5.81. The first kappa shape index (κ1) is 19.1. The predicted octanol–water partition coefficient (Wildman–Crippen LogP) is 1.94. The van der Waals surface area contributed by atoms with Crippen LogP contribution in [0.15, 0.2) is 0 Å². The number of rotatable bonds is 1. The number of esters is 1. The topological polar surface area (TPSA) is 83.8 Å². The van der Waals surface area contributed by atoms with Gasteiger partial charge in [0.15, 0.2) is 0 Å². The number of cyclic esters (lactones) is 1. The second kappa shape index (κ2) is 8.06. The number of carbonyl (C=O) groups is 2. The van der Waals surface area contributed by atoms with Crippen molar-refractivity contribution in [2.75, 3.05) is 0 Å². The summed E-state index contributed by atoms with van der Waals surface area (Å²) in [4.78, 5) is 24.5. The van der Waals surface area contributed by atoms with Crippen LogP contribution in [0.4, 0.5) is 0 Å². The molecule has 1 saturated heterocycles. The molecule has 5 nitrogen and oxygen atoms in total. The molecule has 22 heavy (non-hydrogen) atoms. The average Bonchev–Trinajstić information content (AvgIpc) is 2.52. The van der Waals surface area contributed by atoms with Gasteiger partial charge in [-0.3, -0.25) is 9.59 Å². The number of aliphatic hydroxyl groups excluding tert-OH is 2. The number of aliphatic hydroxyl groups is 2. The van der Waals surface area contributed by atoms with E-state index in [9.17, 15) is 19.8 Å². The van der Waals surface area contributed by atoms with Crippen LogP contribution in [0.2, 0.25) is 0 Å². The monoisotopic (exact) mass is 314 g/mol. The highest BCUT2D eigenvalue weighted by atomic mass is 16.5. The molecule has 1 aliphatic rings. The lowest BCUT2D eigenvalue weighted by molar-refractivity contribution is -0.165. The van der Waals surface area contributed by atoms with Gasteiger partial charge >= 0.3 is 5.97 Å². The Morgan fingerprint density at radius 1 is 1.05 bits per heavy atom. The highest BCUT2D eigenvalue weighted by Crippen LogP contribution is 2.27. The highest BCUT2D eigenvalue weighted by Gasteiger charge is 2.36. The van der Waals surface area contributed by atoms with Crippen LogP contribution in [-0.4, -0.2) is 40.3 Å². The minimum atomic E-state index is -0.833. The van der Waals surface area contributed by atoms with Crippen molar-refractivity contribution < 1.29 is 24.5 Å². The Kier molecular flexibility index (Phi) is 7.00. The minimum Gasteiger partial charge on any atom is -0.462 e. The van der Waals surface area contributed by atoms with Gasteiger partial charge < -0.3 is 14.9 Å². The summed E-state index contributed by atoms with van der Waals surface area (Å²) in [5.74, 6) is -2.08. The molecule has 0 aromatic rings. The first-order valence-electron chi connectivity index (χ1n) is 8.30. The summed E-state index contributed by atoms with van der Waals surface area (Å²) >= 11 is 0. The van der Waals surface area contributed by atoms with E-state index in [1.54, 1.807) is 20.8 Å². The zero-order valence-corrected chi connectivity index (χ0v) is 14.3. The molecule has 0 saturated carbocycles. The largest absolute Gasteiger partial charge is 0.462 e. The summed E-state index contributed by atoms with van der Waals surface area (Å²) in [6, 6.07) is 0. The molecule has 2 unspecified atom stereocenters. The molecule has 128 valence electrons. The van der Waals surface area contributed by atoms with E-state index in [-0.39, 0.29) is 17.6 Å². The van der Waals surface area contributed by atoms with E-state index in [2.05, 4.69) is 0 Å². The first-order chi connectivity index (χ1) is 10.2. The number of ether oxygens (including phenoxy) is 1. The lowest BCUT2D eigenvalue weighted by atomic mass is 9.82. The zero-order valence-electron chi connectivity index (χ0n) is 14.3. The Bertz CT molecular complexity index is 395. The fraction of sp³-hybridized carbons (Fsp3) is 0.882. The third kappa shape index (κ3) is 4.29. The van der Waals surface area contributed by atoms with Gasteiger partial charge in [-0.25, -0.2) is 0 Å². The second-order valence-electron chi connectivity index (χ2n) is 6.78. The quantitative estimate of drug-likeness (QED) is 0.723. The lowest BCUT2D eigenvalue weighted by Crippen LogP contribution is -2.42. The number of hydrogen-bond acceptors (Lipinski definition) is 5. The van der Waals surface area contributed by atoms with Crippen molar-refractivity contribution in [2.24, 2.45) is 23.7 Å². The van der Waals surface area contributed by atoms with Crippen molar-refractivity contribution >= 4 is 11.8 Å². The van der Waals surface area contributed by atoms with E-state index in [0.29, 0.717) is 19.3 Å². The lowest BCUT2D eigenvalue weighted by Gasteiger charge is -2.33. The Morgan fingerprint density at radius 2 is 1.64 bits per heavy atom. The summed E-state index contributed by atoms with van der Waals surface area (Å²) < 4.78 is 5.50. The van der Waals surface area contributed by atoms with Gasteiger partial charge in [0.2, 0.25) is 0 Å². The zero-order chi connectivity index (χ0) is 17.0. The molecular weight excluding hydrogens is 284 g/mol. The van der Waals surface area contributed by atoms with Crippen molar-refractivity contribution in [1.82, 2.24) is 0 Å². The van der Waals surface area contributed by atoms with Crippen LogP contribution in [0.1, 0.15) is 53.9 Å². The first-order valence-corrected chi connectivity index (χ1v) is 8.30. The molecule has 5 heteroatoms. The van der Waals surface area contributed by atoms with Crippen LogP contribution in [-0.2, 0) is 14.3 Å². The minimum absolute atomic E-state index is 0.00666. The molecule has 1 aliphatic heterocycles. The maximum Gasteiger partial charge on any atom is 0.311 e. The van der Waals surface area contributed by atoms with Crippen LogP contribution in [0.25, 0.3) is 0 Å². The van der Waals surface area contributed by atoms with E-state index in [1.807, 2.05) is 13.8 Å². The van der Waals surface area contributed by atoms with Gasteiger partial charge in [-0.15, -0.1) is 0 Å². The van der Waals surface area contributed by atoms with Crippen LogP contribution < -0.4 is 0 Å². The maximum atomic E-state index is 12.2. The maximum absolute atomic E-state index is 12.2. The Labute approximate surface area is 133 Å². The molecule has 1 rings (SSSR count). The van der Waals surface area contributed by atoms with Gasteiger partial charge in [-0.2, -0.15) is 0 Å². The van der Waals surface area contributed by atoms with Gasteiger partial charge in [0, 0.05) is 18.3 Å². The smallest absolute Gasteiger partial charge is 0.311 e. The fourth-order valence-corrected chi connectivity index (χ4v) is 3.09. The molecular formula is C17H30O5. The fourth-order valence-electron chi connectivity index (χ4n) is 3.09. The van der Waals surface area contributed by atoms with E-state index >= 15 is 0 Å². The third-order valence-electron chi connectivity index (χ3n) is 5.13. The Balaban J connectivity index is 3.04. The van der Waals surface area contributed by atoms with Crippen LogP contribution in [0, 0.1) is 23.7 Å². The molecule has 0 aromatic heterocycles. The SMILES string of the molecule is CC[C@H]1OC(=O)[C@@H](C)C(O)C(C)CCC(=O)[C@H](C)[C@@H](O)[C@H]1C. The molecule has 2 N–H and O–H groups in total. The Morgan fingerprint density at radius 3 is 2.18 bits per heavy atom. The van der Waals surface area contributed by atoms with Crippen molar-refractivity contribution in [2.45, 2.75) is 72.2 Å². The van der Waals surface area contributed by atoms with Crippen molar-refractivity contribution in [3.8, 4) is 0 Å². The van der Waals surface area contributed by atoms with Gasteiger partial charge in [0.25, 0.3) is 0 Å². The molecule has 1 heterocycles. The van der Waals surface area contributed by atoms with E-state index in [1.165, 1.54) is 0 Å². The number of Topliss-reactive ketones (excluding diaryl/α,β-unsaturated/α-hetero) is 1. The van der Waals surface area contributed by atoms with Crippen molar-refractivity contribution in [3.63, 3.8) is 0 Å². The summed E-state index contributed by atoms with van der Waals surface area (Å²) in [6.07, 6.45) is -0.749. The van der Waals surface area contributed by atoms with Crippen LogP contribution >= 0.6 is 0 Å². The molecule has 0 aromatic carbocycles. The number of carbonyl (C=O) groups excluding carboxylic acids is 2. The van der Waals surface area contributed by atoms with E-state index in [0.717, 1.165) is 0 Å². The average molecular weight is 314 g/mol. The number of ketones is 1. The van der Waals surface area contributed by atoms with Gasteiger partial charge in [-0.05, 0) is 25.7 Å². The van der Waals surface area contributed by atoms with E-state index in [4.69, 9.17) is 4.74 Å². The van der Waals surface area contributed by atoms with Crippen LogP contribution in [0.3, 0.4) is 0 Å². The molecule has 1 fully saturated rings. The van der Waals surface area contributed by atoms with Gasteiger partial charge in [-0.1, -0.05) is 27.7 Å². The predicted molar refractivity (Wildman–Crippen MR) is 83.1 cm³/mol.